The van der Waals surface area contributed by atoms with Crippen molar-refractivity contribution in [3.05, 3.63) is 41.4 Å². The van der Waals surface area contributed by atoms with Gasteiger partial charge in [0.15, 0.2) is 0 Å². The highest BCUT2D eigenvalue weighted by Gasteiger charge is 2.11. The predicted octanol–water partition coefficient (Wildman–Crippen LogP) is 4.57. The molecular weight excluding hydrogens is 410 g/mol. The van der Waals surface area contributed by atoms with Gasteiger partial charge in [0.05, 0.1) is 29.6 Å². The van der Waals surface area contributed by atoms with Gasteiger partial charge in [-0.15, -0.1) is 0 Å². The molecule has 8 heteroatoms. The Balaban J connectivity index is 1.76. The number of halogens is 1. The van der Waals surface area contributed by atoms with Crippen LogP contribution in [0, 0.1) is 0 Å². The minimum absolute atomic E-state index is 0.171. The van der Waals surface area contributed by atoms with E-state index in [2.05, 4.69) is 10.0 Å². The Hall–Kier alpha value is -2.09. The smallest absolute Gasteiger partial charge is 0.211 e. The Morgan fingerprint density at radius 1 is 1.03 bits per heavy atom. The van der Waals surface area contributed by atoms with Crippen LogP contribution in [0.4, 0.5) is 5.69 Å². The minimum atomic E-state index is -3.15. The molecule has 1 aromatic heterocycles. The molecule has 0 atom stereocenters. The van der Waals surface area contributed by atoms with Crippen LogP contribution in [0.3, 0.4) is 0 Å². The number of hydrogen-bond acceptors (Lipinski definition) is 5. The normalized spacial score (nSPS) is 11.8. The summed E-state index contributed by atoms with van der Waals surface area (Å²) < 4.78 is 31.4. The maximum absolute atomic E-state index is 11.7. The van der Waals surface area contributed by atoms with Crippen LogP contribution < -0.4 is 14.8 Å². The number of ether oxygens (including phenoxy) is 1. The molecule has 6 nitrogen and oxygen atoms in total. The lowest BCUT2D eigenvalue weighted by Crippen LogP contribution is -2.27. The van der Waals surface area contributed by atoms with E-state index < -0.39 is 10.0 Å². The van der Waals surface area contributed by atoms with Crippen molar-refractivity contribution in [3.63, 3.8) is 0 Å². The summed E-state index contributed by atoms with van der Waals surface area (Å²) in [5.74, 6) is 0.936. The average Bonchev–Trinajstić information content (AvgIpc) is 2.69. The Bertz CT molecular complexity index is 1100. The average molecular weight is 436 g/mol. The number of aromatic nitrogens is 1. The maximum Gasteiger partial charge on any atom is 0.211 e. The third-order valence-electron chi connectivity index (χ3n) is 4.64. The Kier molecular flexibility index (Phi) is 7.16. The summed E-state index contributed by atoms with van der Waals surface area (Å²) in [5, 5.41) is 6.11. The maximum atomic E-state index is 11.7. The molecule has 29 heavy (non-hydrogen) atoms. The highest BCUT2D eigenvalue weighted by atomic mass is 35.5. The highest BCUT2D eigenvalue weighted by molar-refractivity contribution is 7.89. The number of methoxy groups -OCH3 is 1. The van der Waals surface area contributed by atoms with Crippen molar-refractivity contribution < 1.29 is 13.2 Å². The van der Waals surface area contributed by atoms with Gasteiger partial charge in [-0.2, -0.15) is 0 Å². The number of sulfonamides is 1. The number of pyridine rings is 1. The summed E-state index contributed by atoms with van der Waals surface area (Å²) in [6.45, 7) is 3.02. The van der Waals surface area contributed by atoms with Crippen molar-refractivity contribution in [3.8, 4) is 5.75 Å². The second kappa shape index (κ2) is 9.61. The largest absolute Gasteiger partial charge is 0.497 e. The van der Waals surface area contributed by atoms with E-state index in [1.54, 1.807) is 7.11 Å². The van der Waals surface area contributed by atoms with Crippen LogP contribution in [-0.4, -0.2) is 39.4 Å². The number of unbranched alkanes of at least 4 members (excludes halogenated alkanes) is 1. The summed E-state index contributed by atoms with van der Waals surface area (Å²) in [6.07, 6.45) is 2.20. The number of nitrogens with zero attached hydrogens (tertiary/aromatic N) is 1. The van der Waals surface area contributed by atoms with Crippen LogP contribution in [0.1, 0.15) is 26.2 Å². The van der Waals surface area contributed by atoms with Crippen LogP contribution in [0.5, 0.6) is 5.75 Å². The zero-order valence-electron chi connectivity index (χ0n) is 16.7. The number of rotatable bonds is 10. The second-order valence-electron chi connectivity index (χ2n) is 6.88. The molecule has 0 aliphatic heterocycles. The van der Waals surface area contributed by atoms with E-state index in [9.17, 15) is 8.42 Å². The second-order valence-corrected chi connectivity index (χ2v) is 9.24. The van der Waals surface area contributed by atoms with E-state index in [-0.39, 0.29) is 5.75 Å². The molecule has 0 unspecified atom stereocenters. The summed E-state index contributed by atoms with van der Waals surface area (Å²) in [7, 11) is -1.50. The molecule has 0 radical (unpaired) electrons. The van der Waals surface area contributed by atoms with Gasteiger partial charge < -0.3 is 10.1 Å². The molecule has 0 aliphatic rings. The van der Waals surface area contributed by atoms with Crippen molar-refractivity contribution in [2.75, 3.05) is 31.3 Å². The zero-order valence-corrected chi connectivity index (χ0v) is 18.2. The number of nitrogens with one attached hydrogen (secondary N) is 2. The standard InChI is InChI=1S/C21H26ClN3O3S/c1-3-12-29(26,27)24-11-5-4-10-23-21-17-8-6-15(22)13-20(17)25-19-9-7-16(28-2)14-18(19)21/h6-9,13-14,24H,3-5,10-12H2,1-2H3,(H,23,25). The van der Waals surface area contributed by atoms with Crippen LogP contribution in [0.15, 0.2) is 36.4 Å². The molecule has 1 heterocycles. The fraction of sp³-hybridized carbons (Fsp3) is 0.381. The molecule has 3 rings (SSSR count). The lowest BCUT2D eigenvalue weighted by molar-refractivity contribution is 0.415. The first-order valence-corrected chi connectivity index (χ1v) is 11.7. The Morgan fingerprint density at radius 3 is 2.59 bits per heavy atom. The van der Waals surface area contributed by atoms with Gasteiger partial charge in [-0.05, 0) is 55.7 Å². The first-order valence-electron chi connectivity index (χ1n) is 9.71. The molecule has 0 bridgehead atoms. The van der Waals surface area contributed by atoms with Crippen LogP contribution in [0.2, 0.25) is 5.02 Å². The Labute approximate surface area is 176 Å². The fourth-order valence-corrected chi connectivity index (χ4v) is 4.55. The van der Waals surface area contributed by atoms with E-state index >= 15 is 0 Å². The van der Waals surface area contributed by atoms with Crippen LogP contribution in [0.25, 0.3) is 21.8 Å². The molecule has 2 N–H and O–H groups in total. The lowest BCUT2D eigenvalue weighted by Gasteiger charge is -2.14. The minimum Gasteiger partial charge on any atom is -0.497 e. The van der Waals surface area contributed by atoms with Gasteiger partial charge in [0.25, 0.3) is 0 Å². The van der Waals surface area contributed by atoms with Crippen molar-refractivity contribution in [2.24, 2.45) is 0 Å². The summed E-state index contributed by atoms with van der Waals surface area (Å²) in [6, 6.07) is 11.5. The van der Waals surface area contributed by atoms with E-state index in [1.807, 2.05) is 43.3 Å². The SMILES string of the molecule is CCCS(=O)(=O)NCCCCNc1c2ccc(Cl)cc2nc2ccc(OC)cc12. The van der Waals surface area contributed by atoms with E-state index in [1.165, 1.54) is 0 Å². The van der Waals surface area contributed by atoms with Gasteiger partial charge in [-0.25, -0.2) is 18.1 Å². The van der Waals surface area contributed by atoms with Gasteiger partial charge in [0.1, 0.15) is 5.75 Å². The summed E-state index contributed by atoms with van der Waals surface area (Å²) in [4.78, 5) is 4.72. The van der Waals surface area contributed by atoms with E-state index in [0.717, 1.165) is 46.1 Å². The van der Waals surface area contributed by atoms with Crippen molar-refractivity contribution in [1.29, 1.82) is 0 Å². The van der Waals surface area contributed by atoms with Crippen molar-refractivity contribution >= 4 is 49.1 Å². The van der Waals surface area contributed by atoms with Gasteiger partial charge in [0, 0.05) is 28.9 Å². The molecule has 3 aromatic rings. The highest BCUT2D eigenvalue weighted by Crippen LogP contribution is 2.34. The monoisotopic (exact) mass is 435 g/mol. The van der Waals surface area contributed by atoms with Gasteiger partial charge in [-0.1, -0.05) is 18.5 Å². The summed E-state index contributed by atoms with van der Waals surface area (Å²) >= 11 is 6.15. The lowest BCUT2D eigenvalue weighted by atomic mass is 10.1. The number of fused-ring (bicyclic) bond motifs is 2. The molecule has 0 aliphatic carbocycles. The Morgan fingerprint density at radius 2 is 1.83 bits per heavy atom. The third-order valence-corrected chi connectivity index (χ3v) is 6.47. The van der Waals surface area contributed by atoms with E-state index in [0.29, 0.717) is 24.5 Å². The third kappa shape index (κ3) is 5.50. The summed E-state index contributed by atoms with van der Waals surface area (Å²) in [5.41, 5.74) is 2.66. The molecule has 0 amide bonds. The first kappa shape index (κ1) is 21.6. The first-order chi connectivity index (χ1) is 13.9. The topological polar surface area (TPSA) is 80.3 Å². The molecule has 2 aromatic carbocycles. The van der Waals surface area contributed by atoms with Gasteiger partial charge in [0.2, 0.25) is 10.0 Å². The molecule has 0 spiro atoms. The molecule has 0 saturated heterocycles. The van der Waals surface area contributed by atoms with Crippen molar-refractivity contribution in [2.45, 2.75) is 26.2 Å². The van der Waals surface area contributed by atoms with Gasteiger partial charge >= 0.3 is 0 Å². The zero-order chi connectivity index (χ0) is 20.9. The van der Waals surface area contributed by atoms with Gasteiger partial charge in [-0.3, -0.25) is 0 Å². The molecule has 0 fully saturated rings. The molecule has 0 saturated carbocycles. The predicted molar refractivity (Wildman–Crippen MR) is 121 cm³/mol. The quantitative estimate of drug-likeness (QED) is 0.360. The van der Waals surface area contributed by atoms with Crippen molar-refractivity contribution in [1.82, 2.24) is 9.71 Å². The molecule has 156 valence electrons. The number of hydrogen-bond donors (Lipinski definition) is 2. The fourth-order valence-electron chi connectivity index (χ4n) is 3.25. The molecular formula is C21H26ClN3O3S. The van der Waals surface area contributed by atoms with Crippen LogP contribution in [-0.2, 0) is 10.0 Å². The number of anilines is 1. The van der Waals surface area contributed by atoms with E-state index in [4.69, 9.17) is 21.3 Å². The van der Waals surface area contributed by atoms with Crippen LogP contribution >= 0.6 is 11.6 Å². The number of benzene rings is 2.